The zero-order valence-corrected chi connectivity index (χ0v) is 19.7. The molecule has 4 aromatic rings. The van der Waals surface area contributed by atoms with Gasteiger partial charge in [0.15, 0.2) is 0 Å². The summed E-state index contributed by atoms with van der Waals surface area (Å²) in [5.41, 5.74) is 7.24. The van der Waals surface area contributed by atoms with Gasteiger partial charge < -0.3 is 4.57 Å². The summed E-state index contributed by atoms with van der Waals surface area (Å²) < 4.78 is 2.92. The molecule has 1 heterocycles. The van der Waals surface area contributed by atoms with Crippen LogP contribution in [0.25, 0.3) is 10.9 Å². The number of benzene rings is 3. The van der Waals surface area contributed by atoms with Gasteiger partial charge >= 0.3 is 0 Å². The number of halogens is 3. The van der Waals surface area contributed by atoms with Crippen molar-refractivity contribution in [3.63, 3.8) is 0 Å². The van der Waals surface area contributed by atoms with Gasteiger partial charge in [-0.3, -0.25) is 4.79 Å². The van der Waals surface area contributed by atoms with Crippen LogP contribution >= 0.6 is 39.1 Å². The van der Waals surface area contributed by atoms with E-state index in [1.165, 1.54) is 0 Å². The minimum atomic E-state index is -0.277. The second-order valence-corrected chi connectivity index (χ2v) is 8.70. The Kier molecular flexibility index (Phi) is 6.46. The lowest BCUT2D eigenvalue weighted by atomic mass is 10.1. The van der Waals surface area contributed by atoms with E-state index < -0.39 is 0 Å². The highest BCUT2D eigenvalue weighted by molar-refractivity contribution is 9.10. The standard InChI is InChI=1S/C24H18BrCl2N3O/c1-15-19(13-28-29-24(31)18-7-2-4-8-20(18)25)17-6-3-5-9-23(17)30(15)14-16-10-11-21(26)22(27)12-16/h2-13H,14H2,1H3,(H,29,31)/b28-13+. The smallest absolute Gasteiger partial charge is 0.272 e. The van der Waals surface area contributed by atoms with E-state index >= 15 is 0 Å². The lowest BCUT2D eigenvalue weighted by molar-refractivity contribution is 0.0954. The van der Waals surface area contributed by atoms with Crippen molar-refractivity contribution >= 4 is 62.2 Å². The van der Waals surface area contributed by atoms with E-state index in [1.54, 1.807) is 18.3 Å². The Bertz CT molecular complexity index is 1310. The summed E-state index contributed by atoms with van der Waals surface area (Å²) in [6.07, 6.45) is 1.69. The van der Waals surface area contributed by atoms with Crippen LogP contribution in [0.1, 0.15) is 27.2 Å². The van der Waals surface area contributed by atoms with Crippen LogP contribution in [0.4, 0.5) is 0 Å². The van der Waals surface area contributed by atoms with Gasteiger partial charge in [0.2, 0.25) is 0 Å². The molecule has 0 bridgehead atoms. The molecule has 3 aromatic carbocycles. The van der Waals surface area contributed by atoms with Gasteiger partial charge in [0.1, 0.15) is 0 Å². The first kappa shape index (κ1) is 21.6. The van der Waals surface area contributed by atoms with E-state index in [4.69, 9.17) is 23.2 Å². The molecule has 4 nitrogen and oxygen atoms in total. The topological polar surface area (TPSA) is 46.4 Å². The molecule has 0 aliphatic carbocycles. The SMILES string of the molecule is Cc1c(/C=N/NC(=O)c2ccccc2Br)c2ccccc2n1Cc1ccc(Cl)c(Cl)c1. The summed E-state index contributed by atoms with van der Waals surface area (Å²) in [5.74, 6) is -0.277. The quantitative estimate of drug-likeness (QED) is 0.230. The van der Waals surface area contributed by atoms with E-state index in [1.807, 2.05) is 55.5 Å². The van der Waals surface area contributed by atoms with Crippen molar-refractivity contribution in [2.75, 3.05) is 0 Å². The van der Waals surface area contributed by atoms with Crippen molar-refractivity contribution in [2.24, 2.45) is 5.10 Å². The van der Waals surface area contributed by atoms with Gasteiger partial charge in [-0.2, -0.15) is 5.10 Å². The summed E-state index contributed by atoms with van der Waals surface area (Å²) in [5, 5.41) is 6.34. The molecule has 0 atom stereocenters. The zero-order chi connectivity index (χ0) is 22.0. The molecule has 31 heavy (non-hydrogen) atoms. The van der Waals surface area contributed by atoms with Gasteiger partial charge in [0.25, 0.3) is 5.91 Å². The third kappa shape index (κ3) is 4.54. The Morgan fingerprint density at radius 2 is 1.81 bits per heavy atom. The maximum atomic E-state index is 12.4. The van der Waals surface area contributed by atoms with Crippen molar-refractivity contribution in [2.45, 2.75) is 13.5 Å². The molecular formula is C24H18BrCl2N3O. The Morgan fingerprint density at radius 1 is 1.06 bits per heavy atom. The summed E-state index contributed by atoms with van der Waals surface area (Å²) in [7, 11) is 0. The molecule has 4 rings (SSSR count). The summed E-state index contributed by atoms with van der Waals surface area (Å²) in [4.78, 5) is 12.4. The largest absolute Gasteiger partial charge is 0.340 e. The zero-order valence-electron chi connectivity index (χ0n) is 16.6. The molecule has 0 radical (unpaired) electrons. The van der Waals surface area contributed by atoms with E-state index in [0.717, 1.165) is 32.2 Å². The number of amides is 1. The summed E-state index contributed by atoms with van der Waals surface area (Å²) in [6, 6.07) is 21.0. The molecule has 0 saturated carbocycles. The maximum Gasteiger partial charge on any atom is 0.272 e. The molecular weight excluding hydrogens is 497 g/mol. The number of nitrogens with zero attached hydrogens (tertiary/aromatic N) is 2. The van der Waals surface area contributed by atoms with Crippen molar-refractivity contribution < 1.29 is 4.79 Å². The minimum Gasteiger partial charge on any atom is -0.340 e. The lowest BCUT2D eigenvalue weighted by Crippen LogP contribution is -2.18. The van der Waals surface area contributed by atoms with Gasteiger partial charge in [-0.25, -0.2) is 5.43 Å². The van der Waals surface area contributed by atoms with Crippen LogP contribution in [0.2, 0.25) is 10.0 Å². The average molecular weight is 515 g/mol. The maximum absolute atomic E-state index is 12.4. The molecule has 0 unspecified atom stereocenters. The molecule has 0 fully saturated rings. The number of hydrazone groups is 1. The van der Waals surface area contributed by atoms with Crippen LogP contribution in [-0.2, 0) is 6.54 Å². The third-order valence-electron chi connectivity index (χ3n) is 5.08. The Hall–Kier alpha value is -2.60. The van der Waals surface area contributed by atoms with Crippen molar-refractivity contribution in [1.82, 2.24) is 9.99 Å². The molecule has 0 aliphatic rings. The van der Waals surface area contributed by atoms with E-state index in [0.29, 0.717) is 22.2 Å². The van der Waals surface area contributed by atoms with Crippen molar-refractivity contribution in [3.05, 3.63) is 104 Å². The molecule has 156 valence electrons. The normalized spacial score (nSPS) is 11.4. The number of nitrogens with one attached hydrogen (secondary N) is 1. The Morgan fingerprint density at radius 3 is 2.58 bits per heavy atom. The van der Waals surface area contributed by atoms with E-state index in [9.17, 15) is 4.79 Å². The first-order valence-electron chi connectivity index (χ1n) is 9.55. The fourth-order valence-electron chi connectivity index (χ4n) is 3.51. The van der Waals surface area contributed by atoms with Gasteiger partial charge in [-0.15, -0.1) is 0 Å². The minimum absolute atomic E-state index is 0.277. The number of hydrogen-bond donors (Lipinski definition) is 1. The number of rotatable bonds is 5. The summed E-state index contributed by atoms with van der Waals surface area (Å²) >= 11 is 15.6. The third-order valence-corrected chi connectivity index (χ3v) is 6.51. The number of aromatic nitrogens is 1. The Labute approximate surface area is 198 Å². The molecule has 0 saturated heterocycles. The number of para-hydroxylation sites is 1. The molecule has 1 aromatic heterocycles. The van der Waals surface area contributed by atoms with Crippen LogP contribution in [0.15, 0.2) is 76.3 Å². The van der Waals surface area contributed by atoms with Gasteiger partial charge in [-0.1, -0.05) is 59.6 Å². The molecule has 7 heteroatoms. The first-order chi connectivity index (χ1) is 15.0. The average Bonchev–Trinajstić information content (AvgIpc) is 3.02. The predicted molar refractivity (Wildman–Crippen MR) is 131 cm³/mol. The number of hydrogen-bond acceptors (Lipinski definition) is 2. The monoisotopic (exact) mass is 513 g/mol. The second-order valence-electron chi connectivity index (χ2n) is 7.03. The van der Waals surface area contributed by atoms with Crippen LogP contribution < -0.4 is 5.43 Å². The number of carbonyl (C=O) groups is 1. The first-order valence-corrected chi connectivity index (χ1v) is 11.1. The van der Waals surface area contributed by atoms with Crippen molar-refractivity contribution in [3.8, 4) is 0 Å². The molecule has 0 spiro atoms. The molecule has 1 amide bonds. The van der Waals surface area contributed by atoms with Crippen LogP contribution in [0.3, 0.4) is 0 Å². The van der Waals surface area contributed by atoms with Crippen LogP contribution in [-0.4, -0.2) is 16.7 Å². The van der Waals surface area contributed by atoms with E-state index in [2.05, 4.69) is 37.1 Å². The van der Waals surface area contributed by atoms with Crippen LogP contribution in [0.5, 0.6) is 0 Å². The van der Waals surface area contributed by atoms with Crippen molar-refractivity contribution in [1.29, 1.82) is 0 Å². The number of fused-ring (bicyclic) bond motifs is 1. The van der Waals surface area contributed by atoms with E-state index in [-0.39, 0.29) is 5.91 Å². The highest BCUT2D eigenvalue weighted by Crippen LogP contribution is 2.28. The fourth-order valence-corrected chi connectivity index (χ4v) is 4.29. The number of carbonyl (C=O) groups excluding carboxylic acids is 1. The fraction of sp³-hybridized carbons (Fsp3) is 0.0833. The predicted octanol–water partition coefficient (Wildman–Crippen LogP) is 6.83. The van der Waals surface area contributed by atoms with Gasteiger partial charge in [-0.05, 0) is 58.7 Å². The molecule has 0 aliphatic heterocycles. The van der Waals surface area contributed by atoms with Gasteiger partial charge in [0, 0.05) is 33.2 Å². The summed E-state index contributed by atoms with van der Waals surface area (Å²) in [6.45, 7) is 2.68. The van der Waals surface area contributed by atoms with Gasteiger partial charge in [0.05, 0.1) is 21.8 Å². The Balaban J connectivity index is 1.65. The lowest BCUT2D eigenvalue weighted by Gasteiger charge is -2.09. The second kappa shape index (κ2) is 9.27. The molecule has 1 N–H and O–H groups in total. The highest BCUT2D eigenvalue weighted by atomic mass is 79.9. The highest BCUT2D eigenvalue weighted by Gasteiger charge is 2.14. The van der Waals surface area contributed by atoms with Crippen LogP contribution in [0, 0.1) is 6.92 Å².